The fourth-order valence-electron chi connectivity index (χ4n) is 2.14. The maximum Gasteiger partial charge on any atom is 0.242 e. The fourth-order valence-corrected chi connectivity index (χ4v) is 2.14. The van der Waals surface area contributed by atoms with Crippen molar-refractivity contribution in [3.8, 4) is 0 Å². The molecule has 1 heterocycles. The first-order valence-corrected chi connectivity index (χ1v) is 5.76. The van der Waals surface area contributed by atoms with E-state index in [0.29, 0.717) is 13.0 Å². The Labute approximate surface area is 105 Å². The topological polar surface area (TPSA) is 113 Å². The van der Waals surface area contributed by atoms with E-state index in [1.807, 2.05) is 0 Å². The first-order valence-electron chi connectivity index (χ1n) is 5.76. The van der Waals surface area contributed by atoms with Gasteiger partial charge in [0.1, 0.15) is 6.04 Å². The molecule has 2 atom stereocenters. The summed E-state index contributed by atoms with van der Waals surface area (Å²) < 4.78 is 0. The predicted molar refractivity (Wildman–Crippen MR) is 63.2 cm³/mol. The molecule has 0 aromatic carbocycles. The summed E-state index contributed by atoms with van der Waals surface area (Å²) in [7, 11) is 1.41. The Morgan fingerprint density at radius 1 is 1.61 bits per heavy atom. The van der Waals surface area contributed by atoms with Crippen LogP contribution in [0.1, 0.15) is 19.8 Å². The number of carbonyl (C=O) groups excluding carboxylic acids is 3. The number of rotatable bonds is 4. The molecule has 102 valence electrons. The third-order valence-corrected chi connectivity index (χ3v) is 3.36. The van der Waals surface area contributed by atoms with Gasteiger partial charge in [-0.25, -0.2) is 0 Å². The van der Waals surface area contributed by atoms with Crippen molar-refractivity contribution >= 4 is 17.7 Å². The van der Waals surface area contributed by atoms with Crippen LogP contribution in [-0.4, -0.2) is 54.0 Å². The number of carbonyl (C=O) groups is 3. The van der Waals surface area contributed by atoms with E-state index >= 15 is 0 Å². The maximum absolute atomic E-state index is 12.3. The minimum atomic E-state index is -1.06. The third kappa shape index (κ3) is 2.79. The zero-order chi connectivity index (χ0) is 13.9. The van der Waals surface area contributed by atoms with Gasteiger partial charge < -0.3 is 21.1 Å². The van der Waals surface area contributed by atoms with Crippen molar-refractivity contribution in [1.82, 2.24) is 10.2 Å². The Balaban J connectivity index is 2.85. The van der Waals surface area contributed by atoms with Gasteiger partial charge in [-0.3, -0.25) is 14.4 Å². The van der Waals surface area contributed by atoms with Crippen LogP contribution in [-0.2, 0) is 14.4 Å². The smallest absolute Gasteiger partial charge is 0.242 e. The number of nitrogens with zero attached hydrogens (tertiary/aromatic N) is 1. The van der Waals surface area contributed by atoms with E-state index < -0.39 is 24.0 Å². The number of nitrogens with two attached hydrogens (primary N) is 1. The number of piperidine rings is 1. The van der Waals surface area contributed by atoms with E-state index in [4.69, 9.17) is 10.8 Å². The molecule has 0 aromatic rings. The molecule has 1 rings (SSSR count). The molecule has 1 aliphatic rings. The van der Waals surface area contributed by atoms with Gasteiger partial charge in [-0.15, -0.1) is 0 Å². The van der Waals surface area contributed by atoms with Crippen LogP contribution in [0.2, 0.25) is 0 Å². The lowest BCUT2D eigenvalue weighted by atomic mass is 9.79. The monoisotopic (exact) mass is 257 g/mol. The molecule has 4 N–H and O–H groups in total. The molecule has 0 radical (unpaired) electrons. The summed E-state index contributed by atoms with van der Waals surface area (Å²) in [6.45, 7) is 1.58. The summed E-state index contributed by atoms with van der Waals surface area (Å²) >= 11 is 0. The Morgan fingerprint density at radius 2 is 2.22 bits per heavy atom. The van der Waals surface area contributed by atoms with E-state index in [1.165, 1.54) is 7.05 Å². The van der Waals surface area contributed by atoms with Crippen molar-refractivity contribution in [1.29, 1.82) is 0 Å². The van der Waals surface area contributed by atoms with Crippen molar-refractivity contribution in [3.63, 3.8) is 0 Å². The van der Waals surface area contributed by atoms with Crippen molar-refractivity contribution in [2.75, 3.05) is 20.2 Å². The summed E-state index contributed by atoms with van der Waals surface area (Å²) in [5, 5.41) is 11.7. The van der Waals surface area contributed by atoms with Crippen LogP contribution < -0.4 is 11.1 Å². The second-order valence-electron chi connectivity index (χ2n) is 4.85. The Kier molecular flexibility index (Phi) is 4.28. The van der Waals surface area contributed by atoms with Gasteiger partial charge in [0.05, 0.1) is 12.0 Å². The molecule has 1 unspecified atom stereocenters. The number of hydrogen-bond donors (Lipinski definition) is 3. The lowest BCUT2D eigenvalue weighted by molar-refractivity contribution is -0.150. The average molecular weight is 257 g/mol. The number of hydrogen-bond acceptors (Lipinski definition) is 4. The van der Waals surface area contributed by atoms with E-state index in [9.17, 15) is 14.4 Å². The first kappa shape index (κ1) is 14.4. The summed E-state index contributed by atoms with van der Waals surface area (Å²) in [5.74, 6) is -1.31. The summed E-state index contributed by atoms with van der Waals surface area (Å²) in [4.78, 5) is 35.9. The van der Waals surface area contributed by atoms with Crippen molar-refractivity contribution in [2.24, 2.45) is 11.1 Å². The maximum atomic E-state index is 12.3. The minimum Gasteiger partial charge on any atom is -0.394 e. The molecule has 1 saturated heterocycles. The molecule has 18 heavy (non-hydrogen) atoms. The van der Waals surface area contributed by atoms with Crippen molar-refractivity contribution in [2.45, 2.75) is 25.8 Å². The molecular formula is C11H19N3O4. The van der Waals surface area contributed by atoms with Crippen molar-refractivity contribution < 1.29 is 19.5 Å². The Morgan fingerprint density at radius 3 is 2.67 bits per heavy atom. The van der Waals surface area contributed by atoms with Gasteiger partial charge in [0.25, 0.3) is 0 Å². The van der Waals surface area contributed by atoms with E-state index in [1.54, 1.807) is 6.92 Å². The Bertz CT molecular complexity index is 371. The number of primary amides is 1. The number of likely N-dealkylation sites (N-methyl/N-ethyl adjacent to an activating group) is 1. The molecule has 0 saturated carbocycles. The zero-order valence-electron chi connectivity index (χ0n) is 10.6. The predicted octanol–water partition coefficient (Wildman–Crippen LogP) is -1.79. The first-order chi connectivity index (χ1) is 8.31. The van der Waals surface area contributed by atoms with Crippen molar-refractivity contribution in [3.05, 3.63) is 0 Å². The molecule has 0 spiro atoms. The normalized spacial score (nSPS) is 25.2. The SMILES string of the molecule is CN(C(=O)C1(C)CCNC(=O)C1)[C@@H](CO)C(N)=O. The highest BCUT2D eigenvalue weighted by molar-refractivity contribution is 5.92. The molecule has 0 aromatic heterocycles. The molecule has 0 aliphatic carbocycles. The number of amides is 3. The van der Waals surface area contributed by atoms with E-state index in [0.717, 1.165) is 4.90 Å². The number of nitrogens with one attached hydrogen (secondary N) is 1. The number of aliphatic hydroxyl groups excluding tert-OH is 1. The van der Waals surface area contributed by atoms with Gasteiger partial charge in [-0.2, -0.15) is 0 Å². The van der Waals surface area contributed by atoms with Crippen LogP contribution >= 0.6 is 0 Å². The van der Waals surface area contributed by atoms with E-state index in [2.05, 4.69) is 5.32 Å². The average Bonchev–Trinajstić information content (AvgIpc) is 2.27. The highest BCUT2D eigenvalue weighted by atomic mass is 16.3. The van der Waals surface area contributed by atoms with Crippen LogP contribution in [0.25, 0.3) is 0 Å². The van der Waals surface area contributed by atoms with Crippen LogP contribution in [0.15, 0.2) is 0 Å². The Hall–Kier alpha value is -1.63. The molecular weight excluding hydrogens is 238 g/mol. The third-order valence-electron chi connectivity index (χ3n) is 3.36. The molecule has 1 fully saturated rings. The van der Waals surface area contributed by atoms with Gasteiger partial charge in [0, 0.05) is 20.0 Å². The summed E-state index contributed by atoms with van der Waals surface area (Å²) in [5.41, 5.74) is 4.27. The summed E-state index contributed by atoms with van der Waals surface area (Å²) in [6, 6.07) is -1.06. The molecule has 0 bridgehead atoms. The molecule has 3 amide bonds. The van der Waals surface area contributed by atoms with Crippen LogP contribution in [0, 0.1) is 5.41 Å². The van der Waals surface area contributed by atoms with Gasteiger partial charge >= 0.3 is 0 Å². The van der Waals surface area contributed by atoms with Crippen LogP contribution in [0.3, 0.4) is 0 Å². The number of aliphatic hydroxyl groups is 1. The lowest BCUT2D eigenvalue weighted by Crippen LogP contribution is -2.55. The minimum absolute atomic E-state index is 0.0765. The fraction of sp³-hybridized carbons (Fsp3) is 0.727. The highest BCUT2D eigenvalue weighted by Gasteiger charge is 2.42. The van der Waals surface area contributed by atoms with Crippen LogP contribution in [0.4, 0.5) is 0 Å². The van der Waals surface area contributed by atoms with Gasteiger partial charge in [0.2, 0.25) is 17.7 Å². The second kappa shape index (κ2) is 5.34. The van der Waals surface area contributed by atoms with Gasteiger partial charge in [0.15, 0.2) is 0 Å². The largest absolute Gasteiger partial charge is 0.394 e. The highest BCUT2D eigenvalue weighted by Crippen LogP contribution is 2.31. The quantitative estimate of drug-likeness (QED) is 0.552. The molecule has 7 nitrogen and oxygen atoms in total. The molecule has 1 aliphatic heterocycles. The zero-order valence-corrected chi connectivity index (χ0v) is 10.6. The van der Waals surface area contributed by atoms with Gasteiger partial charge in [-0.1, -0.05) is 6.92 Å². The molecule has 7 heteroatoms. The summed E-state index contributed by atoms with van der Waals surface area (Å²) in [6.07, 6.45) is 0.575. The van der Waals surface area contributed by atoms with Crippen LogP contribution in [0.5, 0.6) is 0 Å². The van der Waals surface area contributed by atoms with Gasteiger partial charge in [-0.05, 0) is 6.42 Å². The standard InChI is InChI=1S/C11H19N3O4/c1-11(3-4-13-8(16)5-11)10(18)14(2)7(6-15)9(12)17/h7,15H,3-6H2,1-2H3,(H2,12,17)(H,13,16)/t7-,11?/m0/s1. The second-order valence-corrected chi connectivity index (χ2v) is 4.85. The van der Waals surface area contributed by atoms with E-state index in [-0.39, 0.29) is 18.2 Å². The lowest BCUT2D eigenvalue weighted by Gasteiger charge is -2.37.